The van der Waals surface area contributed by atoms with Gasteiger partial charge in [0.1, 0.15) is 11.8 Å². The van der Waals surface area contributed by atoms with Crippen molar-refractivity contribution in [3.8, 4) is 5.75 Å². The van der Waals surface area contributed by atoms with Crippen LogP contribution in [0.3, 0.4) is 0 Å². The largest absolute Gasteiger partial charge is 0.497 e. The molecular weight excluding hydrogens is 360 g/mol. The van der Waals surface area contributed by atoms with E-state index >= 15 is 0 Å². The minimum absolute atomic E-state index is 0.0533. The van der Waals surface area contributed by atoms with Crippen molar-refractivity contribution in [1.82, 2.24) is 5.48 Å². The zero-order valence-corrected chi connectivity index (χ0v) is 14.6. The van der Waals surface area contributed by atoms with Gasteiger partial charge in [-0.15, -0.1) is 0 Å². The lowest BCUT2D eigenvalue weighted by molar-refractivity contribution is -0.130. The van der Waals surface area contributed by atoms with Crippen molar-refractivity contribution in [3.05, 3.63) is 59.7 Å². The third kappa shape index (κ3) is 2.91. The summed E-state index contributed by atoms with van der Waals surface area (Å²) in [6, 6.07) is 10.9. The van der Waals surface area contributed by atoms with E-state index in [1.807, 2.05) is 0 Å². The fourth-order valence-corrected chi connectivity index (χ4v) is 4.45. The van der Waals surface area contributed by atoms with Crippen molar-refractivity contribution < 1.29 is 28.0 Å². The van der Waals surface area contributed by atoms with Crippen LogP contribution in [0.1, 0.15) is 15.9 Å². The Bertz CT molecular complexity index is 955. The molecule has 1 aliphatic heterocycles. The van der Waals surface area contributed by atoms with E-state index in [1.54, 1.807) is 18.2 Å². The van der Waals surface area contributed by atoms with Crippen LogP contribution in [-0.2, 0) is 21.2 Å². The Morgan fingerprint density at radius 1 is 1.15 bits per heavy atom. The predicted molar refractivity (Wildman–Crippen MR) is 92.6 cm³/mol. The van der Waals surface area contributed by atoms with Gasteiger partial charge in [0.15, 0.2) is 0 Å². The van der Waals surface area contributed by atoms with Crippen LogP contribution >= 0.6 is 0 Å². The number of methoxy groups -OCH3 is 1. The van der Waals surface area contributed by atoms with E-state index in [0.717, 1.165) is 4.31 Å². The number of fused-ring (bicyclic) bond motifs is 1. The van der Waals surface area contributed by atoms with E-state index in [0.29, 0.717) is 11.3 Å². The lowest BCUT2D eigenvalue weighted by Crippen LogP contribution is -2.49. The number of sulfonamides is 1. The van der Waals surface area contributed by atoms with Gasteiger partial charge in [-0.05, 0) is 35.9 Å². The highest BCUT2D eigenvalue weighted by Gasteiger charge is 2.44. The van der Waals surface area contributed by atoms with Gasteiger partial charge in [-0.3, -0.25) is 19.1 Å². The number of ether oxygens (including phenoxy) is 1. The van der Waals surface area contributed by atoms with Crippen LogP contribution in [-0.4, -0.2) is 37.8 Å². The average Bonchev–Trinajstić information content (AvgIpc) is 3.07. The van der Waals surface area contributed by atoms with E-state index in [-0.39, 0.29) is 17.7 Å². The van der Waals surface area contributed by atoms with Crippen molar-refractivity contribution in [2.45, 2.75) is 12.5 Å². The Hall–Kier alpha value is -2.91. The van der Waals surface area contributed by atoms with E-state index in [4.69, 9.17) is 9.94 Å². The monoisotopic (exact) mass is 376 g/mol. The van der Waals surface area contributed by atoms with Gasteiger partial charge in [0.05, 0.1) is 12.8 Å². The Morgan fingerprint density at radius 3 is 2.42 bits per heavy atom. The van der Waals surface area contributed by atoms with Crippen LogP contribution in [0, 0.1) is 0 Å². The highest BCUT2D eigenvalue weighted by atomic mass is 32.2. The summed E-state index contributed by atoms with van der Waals surface area (Å²) in [4.78, 5) is 24.6. The number of hydrogen-bond acceptors (Lipinski definition) is 6. The van der Waals surface area contributed by atoms with Crippen molar-refractivity contribution >= 4 is 26.7 Å². The van der Waals surface area contributed by atoms with Gasteiger partial charge in [-0.25, -0.2) is 5.48 Å². The Morgan fingerprint density at radius 2 is 1.81 bits per heavy atom. The van der Waals surface area contributed by atoms with Crippen molar-refractivity contribution in [2.75, 3.05) is 11.4 Å². The van der Waals surface area contributed by atoms with Gasteiger partial charge < -0.3 is 4.74 Å². The number of nitrogens with one attached hydrogen (secondary N) is 1. The van der Waals surface area contributed by atoms with E-state index < -0.39 is 27.1 Å². The molecule has 136 valence electrons. The maximum atomic E-state index is 13.0. The SMILES string of the molecule is COc1ccc(C(=O)S(=O)(=O)N2c3ccccc3CC2C(=O)NO)cc1. The number of carbonyl (C=O) groups is 2. The first kappa shape index (κ1) is 17.9. The summed E-state index contributed by atoms with van der Waals surface area (Å²) in [5, 5.41) is 7.81. The summed E-state index contributed by atoms with van der Waals surface area (Å²) < 4.78 is 31.7. The summed E-state index contributed by atoms with van der Waals surface area (Å²) in [7, 11) is -3.10. The molecule has 2 aromatic rings. The molecule has 9 heteroatoms. The molecule has 1 atom stereocenters. The molecule has 0 fully saturated rings. The van der Waals surface area contributed by atoms with Gasteiger partial charge in [-0.2, -0.15) is 8.42 Å². The average molecular weight is 376 g/mol. The van der Waals surface area contributed by atoms with Gasteiger partial charge in [0, 0.05) is 12.0 Å². The number of hydrogen-bond donors (Lipinski definition) is 2. The minimum atomic E-state index is -4.55. The van der Waals surface area contributed by atoms with Gasteiger partial charge >= 0.3 is 10.0 Å². The van der Waals surface area contributed by atoms with Crippen LogP contribution in [0.2, 0.25) is 0 Å². The number of carbonyl (C=O) groups excluding carboxylic acids is 2. The molecule has 0 saturated carbocycles. The lowest BCUT2D eigenvalue weighted by Gasteiger charge is -2.24. The van der Waals surface area contributed by atoms with Crippen molar-refractivity contribution in [3.63, 3.8) is 0 Å². The van der Waals surface area contributed by atoms with Crippen molar-refractivity contribution in [2.24, 2.45) is 0 Å². The molecule has 1 aliphatic rings. The first-order valence-electron chi connectivity index (χ1n) is 7.65. The highest BCUT2D eigenvalue weighted by Crippen LogP contribution is 2.35. The highest BCUT2D eigenvalue weighted by molar-refractivity contribution is 8.07. The first-order chi connectivity index (χ1) is 12.4. The zero-order chi connectivity index (χ0) is 18.9. The number of hydroxylamine groups is 1. The molecular formula is C17H16N2O6S. The van der Waals surface area contributed by atoms with Crippen LogP contribution in [0.4, 0.5) is 5.69 Å². The number of nitrogens with zero attached hydrogens (tertiary/aromatic N) is 1. The molecule has 0 radical (unpaired) electrons. The van der Waals surface area contributed by atoms with Crippen LogP contribution < -0.4 is 14.5 Å². The molecule has 0 aromatic heterocycles. The summed E-state index contributed by atoms with van der Waals surface area (Å²) in [5.41, 5.74) is 2.24. The fraction of sp³-hybridized carbons (Fsp3) is 0.176. The molecule has 3 rings (SSSR count). The number of para-hydroxylation sites is 1. The summed E-state index contributed by atoms with van der Waals surface area (Å²) in [5.74, 6) is -0.435. The molecule has 1 amide bonds. The fourth-order valence-electron chi connectivity index (χ4n) is 2.89. The molecule has 1 unspecified atom stereocenters. The van der Waals surface area contributed by atoms with Crippen LogP contribution in [0.25, 0.3) is 0 Å². The molecule has 2 aromatic carbocycles. The normalized spacial score (nSPS) is 16.1. The minimum Gasteiger partial charge on any atom is -0.497 e. The second-order valence-electron chi connectivity index (χ2n) is 5.64. The summed E-state index contributed by atoms with van der Waals surface area (Å²) in [6.07, 6.45) is 0.0533. The van der Waals surface area contributed by atoms with E-state index in [1.165, 1.54) is 42.9 Å². The third-order valence-corrected chi connectivity index (χ3v) is 5.83. The number of amides is 1. The molecule has 0 bridgehead atoms. The van der Waals surface area contributed by atoms with Crippen molar-refractivity contribution in [1.29, 1.82) is 0 Å². The van der Waals surface area contributed by atoms with Gasteiger partial charge in [-0.1, -0.05) is 18.2 Å². The lowest BCUT2D eigenvalue weighted by atomic mass is 10.1. The number of anilines is 1. The molecule has 0 spiro atoms. The molecule has 8 nitrogen and oxygen atoms in total. The molecule has 0 aliphatic carbocycles. The van der Waals surface area contributed by atoms with E-state index in [9.17, 15) is 18.0 Å². The van der Waals surface area contributed by atoms with Crippen LogP contribution in [0.15, 0.2) is 48.5 Å². The Kier molecular flexibility index (Phi) is 4.66. The number of benzene rings is 2. The molecule has 2 N–H and O–H groups in total. The second-order valence-corrected chi connectivity index (χ2v) is 7.36. The Labute approximate surface area is 150 Å². The third-order valence-electron chi connectivity index (χ3n) is 4.16. The Balaban J connectivity index is 2.04. The quantitative estimate of drug-likeness (QED) is 0.610. The van der Waals surface area contributed by atoms with Gasteiger partial charge in [0.2, 0.25) is 0 Å². The zero-order valence-electron chi connectivity index (χ0n) is 13.7. The molecule has 1 heterocycles. The maximum Gasteiger partial charge on any atom is 0.303 e. The summed E-state index contributed by atoms with van der Waals surface area (Å²) in [6.45, 7) is 0. The standard InChI is InChI=1S/C17H16N2O6S/c1-25-13-8-6-11(7-9-13)17(21)26(23,24)19-14-5-3-2-4-12(14)10-15(19)16(20)18-22/h2-9,15,22H,10H2,1H3,(H,18,20). The number of rotatable bonds is 4. The predicted octanol–water partition coefficient (Wildman–Crippen LogP) is 1.10. The maximum absolute atomic E-state index is 13.0. The first-order valence-corrected chi connectivity index (χ1v) is 9.09. The van der Waals surface area contributed by atoms with Crippen LogP contribution in [0.5, 0.6) is 5.75 Å². The second kappa shape index (κ2) is 6.77. The molecule has 0 saturated heterocycles. The smallest absolute Gasteiger partial charge is 0.303 e. The molecule has 26 heavy (non-hydrogen) atoms. The summed E-state index contributed by atoms with van der Waals surface area (Å²) >= 11 is 0. The van der Waals surface area contributed by atoms with E-state index in [2.05, 4.69) is 0 Å². The van der Waals surface area contributed by atoms with Gasteiger partial charge in [0.25, 0.3) is 11.0 Å². The topological polar surface area (TPSA) is 113 Å².